The smallest absolute Gasteiger partial charge is 0.0152 e. The Balaban J connectivity index is 0.000000217. The van der Waals surface area contributed by atoms with Crippen LogP contribution in [0.15, 0.2) is 231 Å². The Morgan fingerprint density at radius 2 is 0.375 bits per heavy atom. The van der Waals surface area contributed by atoms with E-state index in [-0.39, 0.29) is 0 Å². The van der Waals surface area contributed by atoms with Crippen molar-refractivity contribution in [2.24, 2.45) is 0 Å². The number of aryl methyl sites for hydroxylation is 16. The van der Waals surface area contributed by atoms with E-state index in [0.717, 1.165) is 0 Å². The normalized spacial score (nSPS) is 9.93. The molecule has 0 aliphatic rings. The second-order valence-corrected chi connectivity index (χ2v) is 24.2. The molecule has 0 saturated heterocycles. The first-order valence-corrected chi connectivity index (χ1v) is 31.3. The molecule has 0 fully saturated rings. The summed E-state index contributed by atoms with van der Waals surface area (Å²) in [5, 5.41) is 0. The predicted molar refractivity (Wildman–Crippen MR) is 392 cm³/mol. The predicted octanol–water partition coefficient (Wildman–Crippen LogP) is 25.3. The van der Waals surface area contributed by atoms with Crippen LogP contribution in [0.1, 0.15) is 122 Å². The highest BCUT2D eigenvalue weighted by atomic mass is 14.1. The molecule has 0 heterocycles. The zero-order chi connectivity index (χ0) is 65.0. The van der Waals surface area contributed by atoms with Gasteiger partial charge in [0.05, 0.1) is 0 Å². The SMILES string of the molecule is Cc1c(C)c(C)c(C)c(C)c1C.Cc1cc(C)c(C)cc1C.Cc1ccc(-c2ccccc2C)cc1.Cc1ccc(C)cc1.Cc1cccc(-c2ccccc2C)c1.Cc1cccc(C)c1.Cc1ccccc1-c1ccccc1C.Cc1ccccc1C. The third-order valence-electron chi connectivity index (χ3n) is 16.9. The lowest BCUT2D eigenvalue weighted by atomic mass is 9.90. The molecule has 0 heteroatoms. The third kappa shape index (κ3) is 23.6. The van der Waals surface area contributed by atoms with Gasteiger partial charge in [0, 0.05) is 0 Å². The van der Waals surface area contributed by atoms with Gasteiger partial charge in [-0.05, 0) is 275 Å². The first-order valence-electron chi connectivity index (χ1n) is 31.3. The van der Waals surface area contributed by atoms with Crippen molar-refractivity contribution in [1.29, 1.82) is 0 Å². The molecule has 0 aromatic heterocycles. The molecule has 11 aromatic rings. The van der Waals surface area contributed by atoms with E-state index >= 15 is 0 Å². The van der Waals surface area contributed by atoms with Crippen molar-refractivity contribution in [2.45, 2.75) is 152 Å². The zero-order valence-electron chi connectivity index (χ0n) is 57.9. The van der Waals surface area contributed by atoms with E-state index in [9.17, 15) is 0 Å². The van der Waals surface area contributed by atoms with Gasteiger partial charge in [0.15, 0.2) is 0 Å². The van der Waals surface area contributed by atoms with Crippen LogP contribution in [-0.4, -0.2) is 0 Å². The minimum Gasteiger partial charge on any atom is -0.0620 e. The quantitative estimate of drug-likeness (QED) is 0.165. The summed E-state index contributed by atoms with van der Waals surface area (Å²) in [6.07, 6.45) is 0. The molecule has 0 aliphatic carbocycles. The lowest BCUT2D eigenvalue weighted by Gasteiger charge is -2.15. The molecule has 456 valence electrons. The second kappa shape index (κ2) is 36.5. The van der Waals surface area contributed by atoms with Crippen molar-refractivity contribution in [3.8, 4) is 33.4 Å². The van der Waals surface area contributed by atoms with Crippen molar-refractivity contribution < 1.29 is 0 Å². The molecular weight excluding hydrogens is 1060 g/mol. The summed E-state index contributed by atoms with van der Waals surface area (Å²) in [5.74, 6) is 0. The highest BCUT2D eigenvalue weighted by Crippen LogP contribution is 2.28. The highest BCUT2D eigenvalue weighted by Gasteiger charge is 2.08. The molecule has 0 unspecified atom stereocenters. The lowest BCUT2D eigenvalue weighted by molar-refractivity contribution is 1.13. The van der Waals surface area contributed by atoms with Crippen LogP contribution < -0.4 is 0 Å². The van der Waals surface area contributed by atoms with Crippen molar-refractivity contribution in [2.75, 3.05) is 0 Å². The first-order chi connectivity index (χ1) is 41.8. The largest absolute Gasteiger partial charge is 0.0620 e. The van der Waals surface area contributed by atoms with Gasteiger partial charge in [-0.15, -0.1) is 0 Å². The topological polar surface area (TPSA) is 0 Å². The van der Waals surface area contributed by atoms with Crippen LogP contribution in [0.25, 0.3) is 33.4 Å². The zero-order valence-corrected chi connectivity index (χ0v) is 57.9. The number of hydrogen-bond donors (Lipinski definition) is 0. The van der Waals surface area contributed by atoms with Gasteiger partial charge in [0.2, 0.25) is 0 Å². The Kier molecular flexibility index (Phi) is 29.9. The Bertz CT molecular complexity index is 3640. The molecule has 0 N–H and O–H groups in total. The van der Waals surface area contributed by atoms with Crippen LogP contribution in [0.2, 0.25) is 0 Å². The molecule has 0 atom stereocenters. The van der Waals surface area contributed by atoms with Gasteiger partial charge in [-0.1, -0.05) is 264 Å². The monoisotopic (exact) mass is 1160 g/mol. The standard InChI is InChI=1S/3C14H14.C12H18.C10H14.3C8H10/c1-11-7-3-5-9-13(11)14-10-6-4-8-12(14)2;1-11-6-5-8-13(10-11)14-9-4-3-7-12(14)2;1-11-7-9-13(10-8-11)14-6-4-3-5-12(14)2;1-7-8(2)10(4)12(6)11(5)9(7)3;1-7-5-9(3)10(4)6-8(7)2;1-7-3-5-8(2)6-4-7;1-7-4-3-5-8(2)6-7;1-7-5-3-4-6-8(7)2/h3*3-10H,1-2H3;1-6H3;5-6H,1-4H3;3*3-6H,1-2H3. The minimum atomic E-state index is 1.30. The van der Waals surface area contributed by atoms with Gasteiger partial charge in [-0.3, -0.25) is 0 Å². The Morgan fingerprint density at radius 3 is 0.636 bits per heavy atom. The Labute approximate surface area is 535 Å². The maximum absolute atomic E-state index is 2.24. The van der Waals surface area contributed by atoms with Crippen LogP contribution in [0.4, 0.5) is 0 Å². The van der Waals surface area contributed by atoms with Gasteiger partial charge >= 0.3 is 0 Å². The molecule has 88 heavy (non-hydrogen) atoms. The summed E-state index contributed by atoms with van der Waals surface area (Å²) < 4.78 is 0. The third-order valence-corrected chi connectivity index (χ3v) is 16.9. The van der Waals surface area contributed by atoms with Gasteiger partial charge in [0.25, 0.3) is 0 Å². The van der Waals surface area contributed by atoms with E-state index in [4.69, 9.17) is 0 Å². The van der Waals surface area contributed by atoms with E-state index in [0.29, 0.717) is 0 Å². The van der Waals surface area contributed by atoms with Crippen LogP contribution in [-0.2, 0) is 0 Å². The van der Waals surface area contributed by atoms with Crippen LogP contribution >= 0.6 is 0 Å². The molecule has 0 amide bonds. The summed E-state index contributed by atoms with van der Waals surface area (Å²) in [4.78, 5) is 0. The highest BCUT2D eigenvalue weighted by molar-refractivity contribution is 5.70. The fourth-order valence-electron chi connectivity index (χ4n) is 9.99. The molecule has 0 radical (unpaired) electrons. The Morgan fingerprint density at radius 1 is 0.136 bits per heavy atom. The van der Waals surface area contributed by atoms with Gasteiger partial charge in [0.1, 0.15) is 0 Å². The molecular formula is C88H104. The van der Waals surface area contributed by atoms with Crippen LogP contribution in [0.5, 0.6) is 0 Å². The van der Waals surface area contributed by atoms with Crippen molar-refractivity contribution >= 4 is 0 Å². The van der Waals surface area contributed by atoms with E-state index < -0.39 is 0 Å². The van der Waals surface area contributed by atoms with Crippen molar-refractivity contribution in [3.05, 3.63) is 353 Å². The number of benzene rings is 11. The maximum atomic E-state index is 2.24. The molecule has 0 aliphatic heterocycles. The van der Waals surface area contributed by atoms with E-state index in [2.05, 4.69) is 383 Å². The summed E-state index contributed by atoms with van der Waals surface area (Å²) in [7, 11) is 0. The summed E-state index contributed by atoms with van der Waals surface area (Å²) in [6.45, 7) is 47.4. The Hall–Kier alpha value is -8.58. The summed E-state index contributed by atoms with van der Waals surface area (Å²) >= 11 is 0. The van der Waals surface area contributed by atoms with Gasteiger partial charge in [-0.25, -0.2) is 0 Å². The van der Waals surface area contributed by atoms with Crippen molar-refractivity contribution in [1.82, 2.24) is 0 Å². The molecule has 0 spiro atoms. The van der Waals surface area contributed by atoms with E-state index in [1.165, 1.54) is 156 Å². The van der Waals surface area contributed by atoms with E-state index in [1.54, 1.807) is 0 Å². The lowest BCUT2D eigenvalue weighted by Crippen LogP contribution is -1.98. The number of rotatable bonds is 3. The average Bonchev–Trinajstić information content (AvgIpc) is 3.54. The average molecular weight is 1160 g/mol. The fraction of sp³-hybridized carbons (Fsp3) is 0.250. The molecule has 11 rings (SSSR count). The molecule has 0 bridgehead atoms. The summed E-state index contributed by atoms with van der Waals surface area (Å²) in [6, 6.07) is 81.0. The molecule has 0 nitrogen and oxygen atoms in total. The minimum absolute atomic E-state index is 1.30. The fourth-order valence-corrected chi connectivity index (χ4v) is 9.99. The number of hydrogen-bond acceptors (Lipinski definition) is 0. The molecule has 0 saturated carbocycles. The van der Waals surface area contributed by atoms with Gasteiger partial charge in [-0.2, -0.15) is 0 Å². The van der Waals surface area contributed by atoms with Crippen LogP contribution in [0, 0.1) is 152 Å². The summed E-state index contributed by atoms with van der Waals surface area (Å²) in [5.41, 5.74) is 38.3. The maximum Gasteiger partial charge on any atom is -0.0152 e. The van der Waals surface area contributed by atoms with E-state index in [1.807, 2.05) is 0 Å². The first kappa shape index (κ1) is 71.9. The van der Waals surface area contributed by atoms with Crippen molar-refractivity contribution in [3.63, 3.8) is 0 Å². The van der Waals surface area contributed by atoms with Gasteiger partial charge < -0.3 is 0 Å². The second-order valence-electron chi connectivity index (χ2n) is 24.2. The molecule has 11 aromatic carbocycles. The van der Waals surface area contributed by atoms with Crippen LogP contribution in [0.3, 0.4) is 0 Å².